The summed E-state index contributed by atoms with van der Waals surface area (Å²) >= 11 is 10.3. The minimum Gasteiger partial charge on any atom is -0.496 e. The zero-order valence-electron chi connectivity index (χ0n) is 15.2. The number of fused-ring (bicyclic) bond motifs is 1. The lowest BCUT2D eigenvalue weighted by atomic mass is 10.2. The van der Waals surface area contributed by atoms with Gasteiger partial charge < -0.3 is 23.7 Å². The number of rotatable bonds is 6. The van der Waals surface area contributed by atoms with Crippen molar-refractivity contribution in [1.29, 1.82) is 0 Å². The maximum absolute atomic E-state index is 11.8. The van der Waals surface area contributed by atoms with Gasteiger partial charge in [0.1, 0.15) is 10.7 Å². The number of aliphatic carboxylic acids is 1. The van der Waals surface area contributed by atoms with E-state index in [1.807, 2.05) is 0 Å². The third kappa shape index (κ3) is 4.25. The van der Waals surface area contributed by atoms with Gasteiger partial charge >= 0.3 is 5.97 Å². The van der Waals surface area contributed by atoms with Gasteiger partial charge in [0.05, 0.1) is 12.7 Å². The molecule has 0 amide bonds. The number of benzene rings is 2. The quantitative estimate of drug-likeness (QED) is 0.357. The number of carbonyl (C=O) groups is 1. The minimum atomic E-state index is -1.15. The zero-order chi connectivity index (χ0) is 21.3. The summed E-state index contributed by atoms with van der Waals surface area (Å²) in [5.41, 5.74) is 1.10. The Labute approximate surface area is 187 Å². The molecule has 4 rings (SSSR count). The average molecular weight is 512 g/mol. The summed E-state index contributed by atoms with van der Waals surface area (Å²) < 4.78 is 22.2. The van der Waals surface area contributed by atoms with E-state index in [2.05, 4.69) is 26.1 Å². The summed E-state index contributed by atoms with van der Waals surface area (Å²) in [6.45, 7) is 0.118. The molecule has 30 heavy (non-hydrogen) atoms. The molecule has 154 valence electrons. The fraction of sp³-hybridized carbons (Fsp3) is 0.105. The van der Waals surface area contributed by atoms with Crippen LogP contribution in [0.15, 0.2) is 49.3 Å². The third-order valence-electron chi connectivity index (χ3n) is 3.98. The number of carboxylic acid groups (broad SMARTS) is 1. The van der Waals surface area contributed by atoms with Crippen molar-refractivity contribution < 1.29 is 28.5 Å². The number of ether oxygens (including phenoxy) is 3. The van der Waals surface area contributed by atoms with Crippen LogP contribution in [0, 0.1) is 0 Å². The number of nitrogens with zero attached hydrogens (tertiary/aromatic N) is 2. The Balaban J connectivity index is 1.64. The summed E-state index contributed by atoms with van der Waals surface area (Å²) in [6.07, 6.45) is 1.48. The molecular weight excluding hydrogens is 500 g/mol. The molecule has 2 aromatic carbocycles. The molecular formula is C19H12BrClN2O6S. The van der Waals surface area contributed by atoms with Gasteiger partial charge in [0, 0.05) is 9.50 Å². The highest BCUT2D eigenvalue weighted by atomic mass is 79.9. The Morgan fingerprint density at radius 2 is 2.03 bits per heavy atom. The van der Waals surface area contributed by atoms with Gasteiger partial charge in [-0.1, -0.05) is 27.5 Å². The second kappa shape index (κ2) is 8.58. The van der Waals surface area contributed by atoms with E-state index in [4.69, 9.17) is 30.2 Å². The van der Waals surface area contributed by atoms with Crippen molar-refractivity contribution in [3.8, 4) is 28.7 Å². The minimum absolute atomic E-state index is 0.0252. The van der Waals surface area contributed by atoms with Gasteiger partial charge in [0.2, 0.25) is 6.79 Å². The molecule has 0 aliphatic carbocycles. The zero-order valence-corrected chi connectivity index (χ0v) is 18.4. The van der Waals surface area contributed by atoms with Crippen LogP contribution in [-0.4, -0.2) is 35.2 Å². The molecule has 8 nitrogen and oxygen atoms in total. The maximum Gasteiger partial charge on any atom is 0.342 e. The van der Waals surface area contributed by atoms with Crippen LogP contribution in [0.2, 0.25) is 5.02 Å². The molecule has 1 aliphatic rings. The van der Waals surface area contributed by atoms with Gasteiger partial charge in [0.15, 0.2) is 11.5 Å². The van der Waals surface area contributed by atoms with E-state index in [0.29, 0.717) is 37.9 Å². The first-order chi connectivity index (χ1) is 14.4. The van der Waals surface area contributed by atoms with Crippen LogP contribution in [0.3, 0.4) is 0 Å². The molecule has 2 heterocycles. The van der Waals surface area contributed by atoms with E-state index >= 15 is 0 Å². The van der Waals surface area contributed by atoms with E-state index in [1.54, 1.807) is 30.3 Å². The van der Waals surface area contributed by atoms with Crippen molar-refractivity contribution in [2.24, 2.45) is 0 Å². The SMILES string of the molecule is COc1ccc(Cl)cc1-c1nnc(S/C(=C\c2cc3c(cc2Br)OCO3)C(=O)O)o1. The topological polar surface area (TPSA) is 104 Å². The van der Waals surface area contributed by atoms with Crippen molar-refractivity contribution in [1.82, 2.24) is 10.2 Å². The first-order valence-corrected chi connectivity index (χ1v) is 10.3. The standard InChI is InChI=1S/C19H12BrClN2O6S/c1-26-13-3-2-10(21)6-11(13)17-22-23-19(29-17)30-16(18(24)25)5-9-4-14-15(7-12(9)20)28-8-27-14/h2-7H,8H2,1H3,(H,24,25)/b16-5-. The predicted molar refractivity (Wildman–Crippen MR) is 113 cm³/mol. The van der Waals surface area contributed by atoms with Crippen molar-refractivity contribution in [2.45, 2.75) is 5.22 Å². The van der Waals surface area contributed by atoms with Crippen LogP contribution in [0.4, 0.5) is 0 Å². The molecule has 1 N–H and O–H groups in total. The highest BCUT2D eigenvalue weighted by molar-refractivity contribution is 9.10. The van der Waals surface area contributed by atoms with Crippen LogP contribution < -0.4 is 14.2 Å². The van der Waals surface area contributed by atoms with E-state index in [9.17, 15) is 9.90 Å². The van der Waals surface area contributed by atoms with E-state index < -0.39 is 5.97 Å². The van der Waals surface area contributed by atoms with E-state index in [1.165, 1.54) is 13.2 Å². The Bertz CT molecular complexity index is 1170. The highest BCUT2D eigenvalue weighted by Gasteiger charge is 2.20. The van der Waals surface area contributed by atoms with Gasteiger partial charge in [0.25, 0.3) is 11.1 Å². The number of hydrogen-bond donors (Lipinski definition) is 1. The second-order valence-electron chi connectivity index (χ2n) is 5.86. The van der Waals surface area contributed by atoms with E-state index in [-0.39, 0.29) is 22.8 Å². The molecule has 1 aromatic heterocycles. The summed E-state index contributed by atoms with van der Waals surface area (Å²) in [6, 6.07) is 8.37. The highest BCUT2D eigenvalue weighted by Crippen LogP contribution is 2.39. The number of halogens is 2. The summed E-state index contributed by atoms with van der Waals surface area (Å²) in [5.74, 6) is 0.626. The van der Waals surface area contributed by atoms with Crippen LogP contribution >= 0.6 is 39.3 Å². The largest absolute Gasteiger partial charge is 0.496 e. The normalized spacial score (nSPS) is 12.8. The Morgan fingerprint density at radius 3 is 2.77 bits per heavy atom. The van der Waals surface area contributed by atoms with Crippen molar-refractivity contribution in [3.05, 3.63) is 50.3 Å². The summed E-state index contributed by atoms with van der Waals surface area (Å²) in [7, 11) is 1.51. The molecule has 1 aliphatic heterocycles. The maximum atomic E-state index is 11.8. The van der Waals surface area contributed by atoms with Crippen LogP contribution in [-0.2, 0) is 4.79 Å². The fourth-order valence-corrected chi connectivity index (χ4v) is 3.89. The molecule has 0 atom stereocenters. The van der Waals surface area contributed by atoms with Crippen LogP contribution in [0.1, 0.15) is 5.56 Å². The molecule has 0 unspecified atom stereocenters. The average Bonchev–Trinajstić information content (AvgIpc) is 3.36. The molecule has 0 spiro atoms. The number of hydrogen-bond acceptors (Lipinski definition) is 8. The molecule has 0 fully saturated rings. The number of methoxy groups -OCH3 is 1. The molecule has 11 heteroatoms. The molecule has 0 radical (unpaired) electrons. The van der Waals surface area contributed by atoms with Gasteiger partial charge in [-0.05, 0) is 53.7 Å². The Kier molecular flexibility index (Phi) is 5.89. The lowest BCUT2D eigenvalue weighted by Gasteiger charge is -2.05. The number of thioether (sulfide) groups is 1. The third-order valence-corrected chi connectivity index (χ3v) is 5.76. The van der Waals surface area contributed by atoms with Crippen LogP contribution in [0.25, 0.3) is 17.5 Å². The molecule has 0 saturated heterocycles. The molecule has 3 aromatic rings. The molecule has 0 bridgehead atoms. The number of carboxylic acids is 1. The van der Waals surface area contributed by atoms with Crippen molar-refractivity contribution in [3.63, 3.8) is 0 Å². The Morgan fingerprint density at radius 1 is 1.27 bits per heavy atom. The van der Waals surface area contributed by atoms with Crippen LogP contribution in [0.5, 0.6) is 17.2 Å². The first-order valence-electron chi connectivity index (χ1n) is 8.34. The predicted octanol–water partition coefficient (Wildman–Crippen LogP) is 5.11. The monoisotopic (exact) mass is 510 g/mol. The Hall–Kier alpha value is -2.69. The fourth-order valence-electron chi connectivity index (χ4n) is 2.62. The van der Waals surface area contributed by atoms with E-state index in [0.717, 1.165) is 11.8 Å². The molecule has 0 saturated carbocycles. The van der Waals surface area contributed by atoms with Gasteiger partial charge in [-0.2, -0.15) is 0 Å². The summed E-state index contributed by atoms with van der Waals surface area (Å²) in [5, 5.41) is 18.1. The first kappa shape index (κ1) is 20.6. The van der Waals surface area contributed by atoms with Gasteiger partial charge in [-0.3, -0.25) is 0 Å². The van der Waals surface area contributed by atoms with Crippen molar-refractivity contribution >= 4 is 51.3 Å². The summed E-state index contributed by atoms with van der Waals surface area (Å²) in [4.78, 5) is 11.8. The van der Waals surface area contributed by atoms with Gasteiger partial charge in [-0.15, -0.1) is 10.2 Å². The smallest absolute Gasteiger partial charge is 0.342 e. The lowest BCUT2D eigenvalue weighted by Crippen LogP contribution is -1.97. The van der Waals surface area contributed by atoms with Crippen molar-refractivity contribution in [2.75, 3.05) is 13.9 Å². The van der Waals surface area contributed by atoms with Gasteiger partial charge in [-0.25, -0.2) is 4.79 Å². The second-order valence-corrected chi connectivity index (χ2v) is 8.14. The number of aromatic nitrogens is 2. The lowest BCUT2D eigenvalue weighted by molar-refractivity contribution is -0.131.